The van der Waals surface area contributed by atoms with Crippen LogP contribution >= 0.6 is 23.8 Å². The summed E-state index contributed by atoms with van der Waals surface area (Å²) >= 11 is 11.5. The molecular weight excluding hydrogens is 328 g/mol. The van der Waals surface area contributed by atoms with Crippen LogP contribution in [0.1, 0.15) is 30.5 Å². The summed E-state index contributed by atoms with van der Waals surface area (Å²) in [7, 11) is 1.59. The second-order valence-electron chi connectivity index (χ2n) is 5.32. The van der Waals surface area contributed by atoms with Crippen molar-refractivity contribution in [1.29, 1.82) is 0 Å². The van der Waals surface area contributed by atoms with E-state index in [-0.39, 0.29) is 6.04 Å². The zero-order valence-corrected chi connectivity index (χ0v) is 15.1. The summed E-state index contributed by atoms with van der Waals surface area (Å²) in [5.74, 6) is 0.641. The third kappa shape index (κ3) is 4.85. The van der Waals surface area contributed by atoms with Crippen molar-refractivity contribution in [2.24, 2.45) is 0 Å². The number of benzene rings is 2. The first-order valence-corrected chi connectivity index (χ1v) is 8.29. The molecular formula is C18H21ClN2OS. The van der Waals surface area contributed by atoms with Crippen molar-refractivity contribution < 1.29 is 4.74 Å². The van der Waals surface area contributed by atoms with Gasteiger partial charge in [0.2, 0.25) is 0 Å². The molecule has 2 rings (SSSR count). The molecule has 0 radical (unpaired) electrons. The Morgan fingerprint density at radius 1 is 1.22 bits per heavy atom. The van der Waals surface area contributed by atoms with Gasteiger partial charge in [-0.25, -0.2) is 0 Å². The van der Waals surface area contributed by atoms with Crippen molar-refractivity contribution in [2.75, 3.05) is 12.4 Å². The van der Waals surface area contributed by atoms with E-state index in [0.29, 0.717) is 15.9 Å². The Balaban J connectivity index is 2.02. The highest BCUT2D eigenvalue weighted by Gasteiger charge is 2.11. The molecule has 0 aromatic heterocycles. The van der Waals surface area contributed by atoms with Crippen molar-refractivity contribution in [2.45, 2.75) is 26.3 Å². The van der Waals surface area contributed by atoms with Crippen LogP contribution in [0.2, 0.25) is 5.02 Å². The van der Waals surface area contributed by atoms with Crippen LogP contribution in [0, 0.1) is 6.92 Å². The monoisotopic (exact) mass is 348 g/mol. The first kappa shape index (κ1) is 17.6. The maximum absolute atomic E-state index is 6.13. The van der Waals surface area contributed by atoms with E-state index >= 15 is 0 Å². The molecule has 3 nitrogen and oxygen atoms in total. The SMILES string of the molecule is CC[C@@H](NC(=S)Nc1ccc(OC)c(Cl)c1)c1ccc(C)cc1. The smallest absolute Gasteiger partial charge is 0.171 e. The van der Waals surface area contributed by atoms with E-state index in [1.807, 2.05) is 12.1 Å². The molecule has 0 spiro atoms. The van der Waals surface area contributed by atoms with Crippen LogP contribution in [0.3, 0.4) is 0 Å². The number of aryl methyl sites for hydroxylation is 1. The third-order valence-corrected chi connectivity index (χ3v) is 4.12. The molecule has 1 atom stereocenters. The molecule has 0 unspecified atom stereocenters. The van der Waals surface area contributed by atoms with Gasteiger partial charge in [-0.15, -0.1) is 0 Å². The van der Waals surface area contributed by atoms with Gasteiger partial charge in [0.15, 0.2) is 5.11 Å². The lowest BCUT2D eigenvalue weighted by Crippen LogP contribution is -2.32. The minimum absolute atomic E-state index is 0.171. The summed E-state index contributed by atoms with van der Waals surface area (Å²) < 4.78 is 5.15. The van der Waals surface area contributed by atoms with Crippen molar-refractivity contribution in [1.82, 2.24) is 5.32 Å². The fraction of sp³-hybridized carbons (Fsp3) is 0.278. The second-order valence-corrected chi connectivity index (χ2v) is 6.13. The molecule has 0 bridgehead atoms. The Bertz CT molecular complexity index is 673. The number of anilines is 1. The van der Waals surface area contributed by atoms with Gasteiger partial charge in [-0.2, -0.15) is 0 Å². The van der Waals surface area contributed by atoms with Crippen LogP contribution in [-0.4, -0.2) is 12.2 Å². The number of ether oxygens (including phenoxy) is 1. The van der Waals surface area contributed by atoms with E-state index in [1.165, 1.54) is 11.1 Å². The topological polar surface area (TPSA) is 33.3 Å². The molecule has 0 amide bonds. The highest BCUT2D eigenvalue weighted by atomic mass is 35.5. The van der Waals surface area contributed by atoms with Gasteiger partial charge >= 0.3 is 0 Å². The first-order chi connectivity index (χ1) is 11.0. The van der Waals surface area contributed by atoms with E-state index in [4.69, 9.17) is 28.6 Å². The normalized spacial score (nSPS) is 11.7. The molecule has 2 N–H and O–H groups in total. The fourth-order valence-electron chi connectivity index (χ4n) is 2.29. The number of rotatable bonds is 5. The molecule has 2 aromatic rings. The van der Waals surface area contributed by atoms with Gasteiger partial charge in [0.1, 0.15) is 5.75 Å². The molecule has 2 aromatic carbocycles. The predicted molar refractivity (Wildman–Crippen MR) is 102 cm³/mol. The largest absolute Gasteiger partial charge is 0.495 e. The van der Waals surface area contributed by atoms with Gasteiger partial charge in [0, 0.05) is 5.69 Å². The highest BCUT2D eigenvalue weighted by molar-refractivity contribution is 7.80. The first-order valence-electron chi connectivity index (χ1n) is 7.51. The molecule has 0 aliphatic rings. The van der Waals surface area contributed by atoms with Crippen LogP contribution in [0.25, 0.3) is 0 Å². The summed E-state index contributed by atoms with van der Waals surface area (Å²) in [6, 6.07) is 14.1. The molecule has 0 aliphatic heterocycles. The molecule has 0 aliphatic carbocycles. The zero-order chi connectivity index (χ0) is 16.8. The quantitative estimate of drug-likeness (QED) is 0.737. The van der Waals surface area contributed by atoms with Crippen molar-refractivity contribution in [3.05, 3.63) is 58.6 Å². The molecule has 0 heterocycles. The molecule has 0 fully saturated rings. The number of hydrogen-bond acceptors (Lipinski definition) is 2. The Hall–Kier alpha value is -1.78. The standard InChI is InChI=1S/C18H21ClN2OS/c1-4-16(13-7-5-12(2)6-8-13)21-18(23)20-14-9-10-17(22-3)15(19)11-14/h5-11,16H,4H2,1-3H3,(H2,20,21,23)/t16-/m1/s1. The second kappa shape index (κ2) is 8.18. The molecule has 0 saturated heterocycles. The molecule has 23 heavy (non-hydrogen) atoms. The zero-order valence-electron chi connectivity index (χ0n) is 13.5. The highest BCUT2D eigenvalue weighted by Crippen LogP contribution is 2.27. The number of hydrogen-bond donors (Lipinski definition) is 2. The van der Waals surface area contributed by atoms with Crippen LogP contribution in [0.4, 0.5) is 5.69 Å². The van der Waals surface area contributed by atoms with Crippen LogP contribution < -0.4 is 15.4 Å². The van der Waals surface area contributed by atoms with E-state index in [0.717, 1.165) is 12.1 Å². The number of nitrogens with one attached hydrogen (secondary N) is 2. The minimum atomic E-state index is 0.171. The fourth-order valence-corrected chi connectivity index (χ4v) is 2.81. The van der Waals surface area contributed by atoms with Gasteiger partial charge in [-0.05, 0) is 49.3 Å². The minimum Gasteiger partial charge on any atom is -0.495 e. The lowest BCUT2D eigenvalue weighted by Gasteiger charge is -2.20. The Labute approximate surface area is 148 Å². The van der Waals surface area contributed by atoms with Gasteiger partial charge in [0.25, 0.3) is 0 Å². The molecule has 0 saturated carbocycles. The van der Waals surface area contributed by atoms with Crippen LogP contribution in [-0.2, 0) is 0 Å². The Morgan fingerprint density at radius 3 is 2.48 bits per heavy atom. The number of halogens is 1. The summed E-state index contributed by atoms with van der Waals surface area (Å²) in [4.78, 5) is 0. The van der Waals surface area contributed by atoms with Gasteiger partial charge < -0.3 is 15.4 Å². The maximum atomic E-state index is 6.13. The van der Waals surface area contributed by atoms with Gasteiger partial charge in [-0.3, -0.25) is 0 Å². The van der Waals surface area contributed by atoms with Crippen molar-refractivity contribution in [3.8, 4) is 5.75 Å². The summed E-state index contributed by atoms with van der Waals surface area (Å²) in [5, 5.41) is 7.62. The summed E-state index contributed by atoms with van der Waals surface area (Å²) in [6.45, 7) is 4.21. The predicted octanol–water partition coefficient (Wildman–Crippen LogP) is 5.09. The molecule has 5 heteroatoms. The lowest BCUT2D eigenvalue weighted by atomic mass is 10.0. The van der Waals surface area contributed by atoms with E-state index < -0.39 is 0 Å². The van der Waals surface area contributed by atoms with E-state index in [9.17, 15) is 0 Å². The Kier molecular flexibility index (Phi) is 6.25. The van der Waals surface area contributed by atoms with Gasteiger partial charge in [-0.1, -0.05) is 48.4 Å². The van der Waals surface area contributed by atoms with E-state index in [2.05, 4.69) is 48.7 Å². The number of thiocarbonyl (C=S) groups is 1. The third-order valence-electron chi connectivity index (χ3n) is 3.60. The van der Waals surface area contributed by atoms with Gasteiger partial charge in [0.05, 0.1) is 18.2 Å². The van der Waals surface area contributed by atoms with E-state index in [1.54, 1.807) is 13.2 Å². The van der Waals surface area contributed by atoms with Crippen LogP contribution in [0.5, 0.6) is 5.75 Å². The number of methoxy groups -OCH3 is 1. The average molecular weight is 349 g/mol. The summed E-state index contributed by atoms with van der Waals surface area (Å²) in [5.41, 5.74) is 3.29. The van der Waals surface area contributed by atoms with Crippen molar-refractivity contribution >= 4 is 34.6 Å². The molecule has 122 valence electrons. The lowest BCUT2D eigenvalue weighted by molar-refractivity contribution is 0.415. The van der Waals surface area contributed by atoms with Crippen molar-refractivity contribution in [3.63, 3.8) is 0 Å². The summed E-state index contributed by atoms with van der Waals surface area (Å²) in [6.07, 6.45) is 0.939. The average Bonchev–Trinajstić information content (AvgIpc) is 2.54. The Morgan fingerprint density at radius 2 is 1.91 bits per heavy atom. The maximum Gasteiger partial charge on any atom is 0.171 e. The van der Waals surface area contributed by atoms with Crippen LogP contribution in [0.15, 0.2) is 42.5 Å².